The van der Waals surface area contributed by atoms with E-state index < -0.39 is 0 Å². The second-order valence-corrected chi connectivity index (χ2v) is 2.87. The van der Waals surface area contributed by atoms with Crippen LogP contribution in [0.15, 0.2) is 30.3 Å². The highest BCUT2D eigenvalue weighted by atomic mass is 14.4. The van der Waals surface area contributed by atoms with Crippen molar-refractivity contribution in [2.24, 2.45) is 0 Å². The molecule has 0 saturated heterocycles. The lowest BCUT2D eigenvalue weighted by Crippen LogP contribution is -1.81. The summed E-state index contributed by atoms with van der Waals surface area (Å²) in [5.74, 6) is 0. The van der Waals surface area contributed by atoms with Crippen LogP contribution in [0.3, 0.4) is 0 Å². The highest BCUT2D eigenvalue weighted by molar-refractivity contribution is 5.93. The summed E-state index contributed by atoms with van der Waals surface area (Å²) in [4.78, 5) is 0. The minimum Gasteiger partial charge on any atom is -0.306 e. The lowest BCUT2D eigenvalue weighted by molar-refractivity contribution is 1.44. The van der Waals surface area contributed by atoms with Gasteiger partial charge in [-0.1, -0.05) is 30.3 Å². The fourth-order valence-electron chi connectivity index (χ4n) is 0.989. The summed E-state index contributed by atoms with van der Waals surface area (Å²) in [5.41, 5.74) is 3.01. The average molecular weight is 159 g/mol. The number of allylic oxidation sites excluding steroid dienone is 1. The van der Waals surface area contributed by atoms with Crippen LogP contribution < -0.4 is 0 Å². The van der Waals surface area contributed by atoms with Gasteiger partial charge in [0.15, 0.2) is 0 Å². The van der Waals surface area contributed by atoms with E-state index in [4.69, 9.17) is 5.41 Å². The van der Waals surface area contributed by atoms with Crippen LogP contribution in [0.1, 0.15) is 18.1 Å². The zero-order chi connectivity index (χ0) is 8.97. The van der Waals surface area contributed by atoms with E-state index in [1.807, 2.05) is 24.3 Å². The zero-order valence-corrected chi connectivity index (χ0v) is 7.46. The molecule has 62 valence electrons. The van der Waals surface area contributed by atoms with E-state index in [0.29, 0.717) is 5.71 Å². The molecule has 0 radical (unpaired) electrons. The lowest BCUT2D eigenvalue weighted by Gasteiger charge is -1.97. The third-order valence-electron chi connectivity index (χ3n) is 1.70. The molecule has 0 heterocycles. The number of benzene rings is 1. The minimum atomic E-state index is 0.582. The summed E-state index contributed by atoms with van der Waals surface area (Å²) in [6, 6.07) is 8.14. The normalized spacial score (nSPS) is 10.5. The van der Waals surface area contributed by atoms with Gasteiger partial charge in [0.1, 0.15) is 0 Å². The van der Waals surface area contributed by atoms with E-state index in [2.05, 4.69) is 19.1 Å². The molecule has 12 heavy (non-hydrogen) atoms. The van der Waals surface area contributed by atoms with Crippen molar-refractivity contribution in [3.63, 3.8) is 0 Å². The molecular weight excluding hydrogens is 146 g/mol. The molecule has 0 aromatic heterocycles. The molecule has 1 rings (SSSR count). The van der Waals surface area contributed by atoms with E-state index in [1.54, 1.807) is 6.92 Å². The van der Waals surface area contributed by atoms with E-state index in [9.17, 15) is 0 Å². The van der Waals surface area contributed by atoms with E-state index in [0.717, 1.165) is 0 Å². The number of aryl methyl sites for hydroxylation is 1. The van der Waals surface area contributed by atoms with Crippen molar-refractivity contribution in [3.8, 4) is 0 Å². The molecular formula is C11H13N. The second kappa shape index (κ2) is 3.86. The highest BCUT2D eigenvalue weighted by Gasteiger charge is 1.89. The fourth-order valence-corrected chi connectivity index (χ4v) is 0.989. The molecule has 1 heteroatoms. The Morgan fingerprint density at radius 3 is 2.58 bits per heavy atom. The van der Waals surface area contributed by atoms with Gasteiger partial charge in [0.25, 0.3) is 0 Å². The van der Waals surface area contributed by atoms with Crippen molar-refractivity contribution in [2.45, 2.75) is 13.8 Å². The Bertz CT molecular complexity index is 311. The Hall–Kier alpha value is -1.37. The van der Waals surface area contributed by atoms with E-state index in [1.165, 1.54) is 11.1 Å². The average Bonchev–Trinajstić information content (AvgIpc) is 2.03. The van der Waals surface area contributed by atoms with Crippen molar-refractivity contribution in [3.05, 3.63) is 41.5 Å². The standard InChI is InChI=1S/C11H13N/c1-9-5-3-4-6-11(9)8-7-10(2)12/h3-8,12H,1-2H3/b8-7-,12-10?. The smallest absolute Gasteiger partial charge is 0.0283 e. The minimum absolute atomic E-state index is 0.582. The van der Waals surface area contributed by atoms with Crippen LogP contribution in [0.5, 0.6) is 0 Å². The monoisotopic (exact) mass is 159 g/mol. The van der Waals surface area contributed by atoms with Crippen molar-refractivity contribution in [1.82, 2.24) is 0 Å². The van der Waals surface area contributed by atoms with Crippen molar-refractivity contribution >= 4 is 11.8 Å². The number of nitrogens with one attached hydrogen (secondary N) is 1. The molecule has 0 amide bonds. The zero-order valence-electron chi connectivity index (χ0n) is 7.46. The molecule has 0 aliphatic heterocycles. The Morgan fingerprint density at radius 1 is 1.33 bits per heavy atom. The predicted octanol–water partition coefficient (Wildman–Crippen LogP) is 3.05. The summed E-state index contributed by atoms with van der Waals surface area (Å²) in [6.07, 6.45) is 3.78. The second-order valence-electron chi connectivity index (χ2n) is 2.87. The third kappa shape index (κ3) is 2.35. The number of hydrogen-bond donors (Lipinski definition) is 1. The topological polar surface area (TPSA) is 23.9 Å². The van der Waals surface area contributed by atoms with Crippen molar-refractivity contribution in [1.29, 1.82) is 5.41 Å². The van der Waals surface area contributed by atoms with Gasteiger partial charge in [-0.15, -0.1) is 0 Å². The van der Waals surface area contributed by atoms with E-state index >= 15 is 0 Å². The first-order chi connectivity index (χ1) is 5.70. The Balaban J connectivity index is 2.89. The predicted molar refractivity (Wildman–Crippen MR) is 53.6 cm³/mol. The van der Waals surface area contributed by atoms with Crippen molar-refractivity contribution in [2.75, 3.05) is 0 Å². The van der Waals surface area contributed by atoms with Gasteiger partial charge >= 0.3 is 0 Å². The maximum absolute atomic E-state index is 7.23. The van der Waals surface area contributed by atoms with Gasteiger partial charge in [0.05, 0.1) is 0 Å². The largest absolute Gasteiger partial charge is 0.306 e. The van der Waals surface area contributed by atoms with Crippen LogP contribution in [0, 0.1) is 12.3 Å². The summed E-state index contributed by atoms with van der Waals surface area (Å²) in [5, 5.41) is 7.23. The van der Waals surface area contributed by atoms with E-state index in [-0.39, 0.29) is 0 Å². The van der Waals surface area contributed by atoms with Crippen LogP contribution >= 0.6 is 0 Å². The van der Waals surface area contributed by atoms with Crippen LogP contribution in [0.2, 0.25) is 0 Å². The summed E-state index contributed by atoms with van der Waals surface area (Å²) < 4.78 is 0. The molecule has 1 aromatic rings. The number of rotatable bonds is 2. The number of hydrogen-bond acceptors (Lipinski definition) is 1. The quantitative estimate of drug-likeness (QED) is 0.641. The lowest BCUT2D eigenvalue weighted by atomic mass is 10.1. The molecule has 0 atom stereocenters. The Labute approximate surface area is 73.3 Å². The van der Waals surface area contributed by atoms with Gasteiger partial charge in [0.2, 0.25) is 0 Å². The molecule has 0 spiro atoms. The molecule has 1 N–H and O–H groups in total. The highest BCUT2D eigenvalue weighted by Crippen LogP contribution is 2.08. The maximum atomic E-state index is 7.23. The first kappa shape index (κ1) is 8.72. The van der Waals surface area contributed by atoms with Gasteiger partial charge in [0, 0.05) is 5.71 Å². The van der Waals surface area contributed by atoms with Gasteiger partial charge in [-0.05, 0) is 31.1 Å². The summed E-state index contributed by atoms with van der Waals surface area (Å²) >= 11 is 0. The molecule has 1 nitrogen and oxygen atoms in total. The molecule has 1 aromatic carbocycles. The first-order valence-corrected chi connectivity index (χ1v) is 3.99. The first-order valence-electron chi connectivity index (χ1n) is 3.99. The molecule has 0 fully saturated rings. The van der Waals surface area contributed by atoms with Crippen molar-refractivity contribution < 1.29 is 0 Å². The van der Waals surface area contributed by atoms with Crippen LogP contribution in [0.25, 0.3) is 6.08 Å². The van der Waals surface area contributed by atoms with Gasteiger partial charge < -0.3 is 5.41 Å². The van der Waals surface area contributed by atoms with Crippen LogP contribution in [-0.2, 0) is 0 Å². The molecule has 0 saturated carbocycles. The van der Waals surface area contributed by atoms with Gasteiger partial charge in [-0.3, -0.25) is 0 Å². The fraction of sp³-hybridized carbons (Fsp3) is 0.182. The van der Waals surface area contributed by atoms with Gasteiger partial charge in [-0.25, -0.2) is 0 Å². The SMILES string of the molecule is CC(=N)/C=C\c1ccccc1C. The molecule has 0 bridgehead atoms. The molecule has 0 unspecified atom stereocenters. The maximum Gasteiger partial charge on any atom is 0.0283 e. The molecule has 0 aliphatic carbocycles. The summed E-state index contributed by atoms with van der Waals surface area (Å²) in [7, 11) is 0. The Morgan fingerprint density at radius 2 is 2.00 bits per heavy atom. The Kier molecular flexibility index (Phi) is 2.81. The van der Waals surface area contributed by atoms with Crippen LogP contribution in [0.4, 0.5) is 0 Å². The molecule has 0 aliphatic rings. The third-order valence-corrected chi connectivity index (χ3v) is 1.70. The van der Waals surface area contributed by atoms with Gasteiger partial charge in [-0.2, -0.15) is 0 Å². The summed E-state index contributed by atoms with van der Waals surface area (Å²) in [6.45, 7) is 3.84. The van der Waals surface area contributed by atoms with Crippen LogP contribution in [-0.4, -0.2) is 5.71 Å².